The zero-order chi connectivity index (χ0) is 16.4. The number of rotatable bonds is 3. The Bertz CT molecular complexity index is 750. The van der Waals surface area contributed by atoms with Crippen LogP contribution in [0.2, 0.25) is 0 Å². The van der Waals surface area contributed by atoms with Gasteiger partial charge in [0.05, 0.1) is 11.4 Å². The van der Waals surface area contributed by atoms with Crippen LogP contribution in [0.25, 0.3) is 0 Å². The van der Waals surface area contributed by atoms with E-state index in [1.807, 2.05) is 50.2 Å². The second-order valence-electron chi connectivity index (χ2n) is 5.55. The van der Waals surface area contributed by atoms with E-state index in [4.69, 9.17) is 4.74 Å². The lowest BCUT2D eigenvalue weighted by Gasteiger charge is -2.29. The first-order chi connectivity index (χ1) is 11.1. The fourth-order valence-electron chi connectivity index (χ4n) is 2.69. The van der Waals surface area contributed by atoms with Gasteiger partial charge in [0, 0.05) is 0 Å². The number of amides is 2. The van der Waals surface area contributed by atoms with Crippen LogP contribution < -0.4 is 15.0 Å². The standard InChI is InChI=1S/C18H18N2O3/c1-12-6-5-7-13(2)18(12)23-11-17(22)20-10-16(21)19-14-8-3-4-9-15(14)20/h3-9H,10-11H2,1-2H3,(H,19,21). The summed E-state index contributed by atoms with van der Waals surface area (Å²) in [5.41, 5.74) is 3.30. The third-order valence-electron chi connectivity index (χ3n) is 3.82. The molecular formula is C18H18N2O3. The van der Waals surface area contributed by atoms with Gasteiger partial charge < -0.3 is 10.1 Å². The number of fused-ring (bicyclic) bond motifs is 1. The molecule has 0 bridgehead atoms. The van der Waals surface area contributed by atoms with Crippen molar-refractivity contribution in [3.63, 3.8) is 0 Å². The fourth-order valence-corrected chi connectivity index (χ4v) is 2.69. The molecule has 0 aromatic heterocycles. The van der Waals surface area contributed by atoms with E-state index < -0.39 is 0 Å². The molecule has 0 spiro atoms. The quantitative estimate of drug-likeness (QED) is 0.948. The van der Waals surface area contributed by atoms with Gasteiger partial charge >= 0.3 is 0 Å². The fraction of sp³-hybridized carbons (Fsp3) is 0.222. The van der Waals surface area contributed by atoms with E-state index in [0.29, 0.717) is 11.4 Å². The van der Waals surface area contributed by atoms with Crippen LogP contribution in [0.5, 0.6) is 5.75 Å². The van der Waals surface area contributed by atoms with E-state index >= 15 is 0 Å². The summed E-state index contributed by atoms with van der Waals surface area (Å²) in [7, 11) is 0. The molecule has 1 aliphatic heterocycles. The Morgan fingerprint density at radius 2 is 1.83 bits per heavy atom. The van der Waals surface area contributed by atoms with E-state index in [9.17, 15) is 9.59 Å². The van der Waals surface area contributed by atoms with Crippen LogP contribution >= 0.6 is 0 Å². The van der Waals surface area contributed by atoms with Gasteiger partial charge in [0.25, 0.3) is 5.91 Å². The average Bonchev–Trinajstić information content (AvgIpc) is 2.53. The van der Waals surface area contributed by atoms with Crippen LogP contribution in [0.1, 0.15) is 11.1 Å². The van der Waals surface area contributed by atoms with Crippen LogP contribution in [0.3, 0.4) is 0 Å². The van der Waals surface area contributed by atoms with E-state index in [-0.39, 0.29) is 25.0 Å². The number of carbonyl (C=O) groups is 2. The highest BCUT2D eigenvalue weighted by Crippen LogP contribution is 2.29. The Morgan fingerprint density at radius 3 is 2.57 bits per heavy atom. The van der Waals surface area contributed by atoms with Crippen molar-refractivity contribution in [1.82, 2.24) is 0 Å². The molecule has 0 aliphatic carbocycles. The molecule has 0 saturated heterocycles. The number of aryl methyl sites for hydroxylation is 2. The molecular weight excluding hydrogens is 292 g/mol. The topological polar surface area (TPSA) is 58.6 Å². The highest BCUT2D eigenvalue weighted by Gasteiger charge is 2.26. The lowest BCUT2D eigenvalue weighted by molar-refractivity contribution is -0.123. The number of nitrogens with zero attached hydrogens (tertiary/aromatic N) is 1. The maximum atomic E-state index is 12.5. The normalized spacial score (nSPS) is 13.3. The summed E-state index contributed by atoms with van der Waals surface area (Å²) in [6, 6.07) is 13.1. The molecule has 23 heavy (non-hydrogen) atoms. The van der Waals surface area contributed by atoms with E-state index in [0.717, 1.165) is 16.9 Å². The van der Waals surface area contributed by atoms with Crippen molar-refractivity contribution in [2.75, 3.05) is 23.4 Å². The summed E-state index contributed by atoms with van der Waals surface area (Å²) in [6.45, 7) is 3.78. The summed E-state index contributed by atoms with van der Waals surface area (Å²) >= 11 is 0. The zero-order valence-corrected chi connectivity index (χ0v) is 13.1. The second-order valence-corrected chi connectivity index (χ2v) is 5.55. The van der Waals surface area contributed by atoms with Crippen LogP contribution in [-0.2, 0) is 9.59 Å². The van der Waals surface area contributed by atoms with Crippen LogP contribution in [0.4, 0.5) is 11.4 Å². The zero-order valence-electron chi connectivity index (χ0n) is 13.1. The monoisotopic (exact) mass is 310 g/mol. The molecule has 5 heteroatoms. The number of benzene rings is 2. The van der Waals surface area contributed by atoms with Gasteiger partial charge in [0.15, 0.2) is 6.61 Å². The molecule has 0 fully saturated rings. The molecule has 0 atom stereocenters. The Morgan fingerprint density at radius 1 is 1.13 bits per heavy atom. The summed E-state index contributed by atoms with van der Waals surface area (Å²) in [5, 5.41) is 2.76. The van der Waals surface area contributed by atoms with E-state index in [1.54, 1.807) is 6.07 Å². The average molecular weight is 310 g/mol. The number of ether oxygens (including phenoxy) is 1. The van der Waals surface area contributed by atoms with Crippen molar-refractivity contribution >= 4 is 23.2 Å². The van der Waals surface area contributed by atoms with Crippen molar-refractivity contribution in [2.45, 2.75) is 13.8 Å². The van der Waals surface area contributed by atoms with Gasteiger partial charge in [-0.15, -0.1) is 0 Å². The lowest BCUT2D eigenvalue weighted by atomic mass is 10.1. The molecule has 118 valence electrons. The molecule has 0 radical (unpaired) electrons. The number of carbonyl (C=O) groups excluding carboxylic acids is 2. The molecule has 1 N–H and O–H groups in total. The highest BCUT2D eigenvalue weighted by atomic mass is 16.5. The molecule has 0 saturated carbocycles. The Kier molecular flexibility index (Phi) is 4.02. The maximum Gasteiger partial charge on any atom is 0.265 e. The van der Waals surface area contributed by atoms with Gasteiger partial charge in [-0.1, -0.05) is 30.3 Å². The Balaban J connectivity index is 1.78. The van der Waals surface area contributed by atoms with Crippen LogP contribution in [0.15, 0.2) is 42.5 Å². The van der Waals surface area contributed by atoms with Crippen molar-refractivity contribution in [1.29, 1.82) is 0 Å². The van der Waals surface area contributed by atoms with Gasteiger partial charge in [-0.2, -0.15) is 0 Å². The number of nitrogens with one attached hydrogen (secondary N) is 1. The van der Waals surface area contributed by atoms with Crippen molar-refractivity contribution in [3.8, 4) is 5.75 Å². The molecule has 2 aromatic rings. The van der Waals surface area contributed by atoms with E-state index in [2.05, 4.69) is 5.32 Å². The van der Waals surface area contributed by atoms with E-state index in [1.165, 1.54) is 4.90 Å². The molecule has 2 amide bonds. The smallest absolute Gasteiger partial charge is 0.265 e. The Hall–Kier alpha value is -2.82. The Labute approximate surface area is 134 Å². The van der Waals surface area contributed by atoms with Gasteiger partial charge in [-0.3, -0.25) is 14.5 Å². The minimum Gasteiger partial charge on any atom is -0.483 e. The largest absolute Gasteiger partial charge is 0.483 e. The number of hydrogen-bond donors (Lipinski definition) is 1. The van der Waals surface area contributed by atoms with Gasteiger partial charge in [-0.05, 0) is 37.1 Å². The number of para-hydroxylation sites is 3. The summed E-state index contributed by atoms with van der Waals surface area (Å²) in [6.07, 6.45) is 0. The number of hydrogen-bond acceptors (Lipinski definition) is 3. The molecule has 2 aromatic carbocycles. The first kappa shape index (κ1) is 15.1. The second kappa shape index (κ2) is 6.12. The molecule has 3 rings (SSSR count). The van der Waals surface area contributed by atoms with Crippen LogP contribution in [-0.4, -0.2) is 25.0 Å². The SMILES string of the molecule is Cc1cccc(C)c1OCC(=O)N1CC(=O)Nc2ccccc21. The molecule has 0 unspecified atom stereocenters. The predicted molar refractivity (Wildman–Crippen MR) is 88.8 cm³/mol. The molecule has 5 nitrogen and oxygen atoms in total. The van der Waals surface area contributed by atoms with Crippen molar-refractivity contribution < 1.29 is 14.3 Å². The molecule has 1 aliphatic rings. The van der Waals surface area contributed by atoms with Gasteiger partial charge in [0.2, 0.25) is 5.91 Å². The summed E-state index contributed by atoms with van der Waals surface area (Å²) in [4.78, 5) is 25.8. The summed E-state index contributed by atoms with van der Waals surface area (Å²) < 4.78 is 5.71. The third kappa shape index (κ3) is 3.04. The van der Waals surface area contributed by atoms with Gasteiger partial charge in [0.1, 0.15) is 12.3 Å². The number of anilines is 2. The van der Waals surface area contributed by atoms with Gasteiger partial charge in [-0.25, -0.2) is 0 Å². The lowest BCUT2D eigenvalue weighted by Crippen LogP contribution is -2.44. The predicted octanol–water partition coefficient (Wildman–Crippen LogP) is 2.67. The van der Waals surface area contributed by atoms with Crippen molar-refractivity contribution in [3.05, 3.63) is 53.6 Å². The third-order valence-corrected chi connectivity index (χ3v) is 3.82. The first-order valence-electron chi connectivity index (χ1n) is 7.44. The minimum atomic E-state index is -0.241. The molecule has 1 heterocycles. The van der Waals surface area contributed by atoms with Crippen molar-refractivity contribution in [2.24, 2.45) is 0 Å². The van der Waals surface area contributed by atoms with Crippen LogP contribution in [0, 0.1) is 13.8 Å². The first-order valence-corrected chi connectivity index (χ1v) is 7.44. The maximum absolute atomic E-state index is 12.5. The highest BCUT2D eigenvalue weighted by molar-refractivity contribution is 6.10. The summed E-state index contributed by atoms with van der Waals surface area (Å²) in [5.74, 6) is 0.273. The minimum absolute atomic E-state index is 0.00591.